The second-order valence-corrected chi connectivity index (χ2v) is 6.94. The lowest BCUT2D eigenvalue weighted by atomic mass is 10.2. The highest BCUT2D eigenvalue weighted by atomic mass is 32.2. The van der Waals surface area contributed by atoms with Gasteiger partial charge < -0.3 is 14.8 Å². The summed E-state index contributed by atoms with van der Waals surface area (Å²) in [6.45, 7) is 1.14. The van der Waals surface area contributed by atoms with Crippen LogP contribution in [0.3, 0.4) is 0 Å². The molecule has 1 atom stereocenters. The minimum Gasteiger partial charge on any atom is -0.493 e. The molecule has 1 saturated heterocycles. The Balaban J connectivity index is 1.95. The van der Waals surface area contributed by atoms with Gasteiger partial charge in [-0.2, -0.15) is 0 Å². The maximum atomic E-state index is 12.0. The quantitative estimate of drug-likeness (QED) is 0.781. The van der Waals surface area contributed by atoms with Gasteiger partial charge in [0.15, 0.2) is 11.5 Å². The molecule has 1 aliphatic rings. The van der Waals surface area contributed by atoms with Gasteiger partial charge in [0.1, 0.15) is 0 Å². The van der Waals surface area contributed by atoms with Gasteiger partial charge in [-0.15, -0.1) is 0 Å². The Hall–Kier alpha value is -1.31. The van der Waals surface area contributed by atoms with Crippen LogP contribution in [0.15, 0.2) is 18.2 Å². The molecule has 0 bridgehead atoms. The third-order valence-electron chi connectivity index (χ3n) is 3.53. The van der Waals surface area contributed by atoms with Crippen molar-refractivity contribution in [2.75, 3.05) is 26.5 Å². The van der Waals surface area contributed by atoms with Gasteiger partial charge in [-0.25, -0.2) is 13.1 Å². The minimum absolute atomic E-state index is 0.0629. The van der Waals surface area contributed by atoms with Crippen molar-refractivity contribution in [3.63, 3.8) is 0 Å². The van der Waals surface area contributed by atoms with Gasteiger partial charge >= 0.3 is 0 Å². The maximum Gasteiger partial charge on any atom is 0.213 e. The van der Waals surface area contributed by atoms with Crippen LogP contribution in [-0.2, 0) is 16.6 Å². The van der Waals surface area contributed by atoms with E-state index < -0.39 is 10.0 Å². The Morgan fingerprint density at radius 1 is 1.29 bits per heavy atom. The third kappa shape index (κ3) is 4.59. The molecule has 0 spiro atoms. The zero-order valence-corrected chi connectivity index (χ0v) is 13.2. The summed E-state index contributed by atoms with van der Waals surface area (Å²) in [7, 11) is -0.166. The summed E-state index contributed by atoms with van der Waals surface area (Å²) in [5.41, 5.74) is 0.829. The fourth-order valence-corrected chi connectivity index (χ4v) is 3.73. The SMILES string of the molecule is COc1ccc(CNS(=O)(=O)CC2CCCN2)cc1OC. The van der Waals surface area contributed by atoms with Crippen LogP contribution in [0.25, 0.3) is 0 Å². The Morgan fingerprint density at radius 2 is 2.05 bits per heavy atom. The lowest BCUT2D eigenvalue weighted by molar-refractivity contribution is 0.354. The average molecular weight is 314 g/mol. The fraction of sp³-hybridized carbons (Fsp3) is 0.571. The topological polar surface area (TPSA) is 76.7 Å². The number of ether oxygens (including phenoxy) is 2. The Kier molecular flexibility index (Phi) is 5.44. The molecule has 2 N–H and O–H groups in total. The first-order valence-electron chi connectivity index (χ1n) is 6.95. The first-order chi connectivity index (χ1) is 10.0. The van der Waals surface area contributed by atoms with Crippen molar-refractivity contribution in [1.29, 1.82) is 0 Å². The Labute approximate surface area is 125 Å². The molecule has 1 aliphatic heterocycles. The van der Waals surface area contributed by atoms with E-state index >= 15 is 0 Å². The van der Waals surface area contributed by atoms with Gasteiger partial charge in [0.05, 0.1) is 20.0 Å². The van der Waals surface area contributed by atoms with Crippen LogP contribution >= 0.6 is 0 Å². The summed E-state index contributed by atoms with van der Waals surface area (Å²) >= 11 is 0. The highest BCUT2D eigenvalue weighted by molar-refractivity contribution is 7.89. The zero-order valence-electron chi connectivity index (χ0n) is 12.4. The van der Waals surface area contributed by atoms with E-state index in [0.29, 0.717) is 11.5 Å². The van der Waals surface area contributed by atoms with E-state index in [1.54, 1.807) is 26.4 Å². The highest BCUT2D eigenvalue weighted by Crippen LogP contribution is 2.27. The molecule has 1 unspecified atom stereocenters. The van der Waals surface area contributed by atoms with Crippen LogP contribution in [-0.4, -0.2) is 41.0 Å². The van der Waals surface area contributed by atoms with Crippen LogP contribution in [0.5, 0.6) is 11.5 Å². The fourth-order valence-electron chi connectivity index (χ4n) is 2.41. The van der Waals surface area contributed by atoms with Crippen molar-refractivity contribution in [2.24, 2.45) is 0 Å². The van der Waals surface area contributed by atoms with Gasteiger partial charge in [-0.05, 0) is 37.1 Å². The molecule has 1 fully saturated rings. The van der Waals surface area contributed by atoms with Crippen molar-refractivity contribution < 1.29 is 17.9 Å². The second-order valence-electron chi connectivity index (χ2n) is 5.09. The van der Waals surface area contributed by atoms with Crippen molar-refractivity contribution in [2.45, 2.75) is 25.4 Å². The van der Waals surface area contributed by atoms with E-state index in [1.165, 1.54) is 0 Å². The standard InChI is InChI=1S/C14H22N2O4S/c1-19-13-6-5-11(8-14(13)20-2)9-16-21(17,18)10-12-4-3-7-15-12/h5-6,8,12,15-16H,3-4,7,9-10H2,1-2H3. The van der Waals surface area contributed by atoms with Gasteiger partial charge in [-0.3, -0.25) is 0 Å². The minimum atomic E-state index is -3.28. The molecule has 1 aromatic rings. The molecular formula is C14H22N2O4S. The predicted molar refractivity (Wildman–Crippen MR) is 81.2 cm³/mol. The van der Waals surface area contributed by atoms with Gasteiger partial charge in [0, 0.05) is 12.6 Å². The number of hydrogen-bond acceptors (Lipinski definition) is 5. The van der Waals surface area contributed by atoms with E-state index in [2.05, 4.69) is 10.0 Å². The number of rotatable bonds is 7. The third-order valence-corrected chi connectivity index (χ3v) is 4.95. The van der Waals surface area contributed by atoms with Crippen molar-refractivity contribution in [1.82, 2.24) is 10.0 Å². The van der Waals surface area contributed by atoms with Crippen LogP contribution in [0.1, 0.15) is 18.4 Å². The highest BCUT2D eigenvalue weighted by Gasteiger charge is 2.21. The van der Waals surface area contributed by atoms with E-state index in [9.17, 15) is 8.42 Å². The molecule has 2 rings (SSSR count). The number of methoxy groups -OCH3 is 2. The molecule has 7 heteroatoms. The predicted octanol–water partition coefficient (Wildman–Crippen LogP) is 0.875. The van der Waals surface area contributed by atoms with E-state index in [4.69, 9.17) is 9.47 Å². The van der Waals surface area contributed by atoms with Crippen molar-refractivity contribution >= 4 is 10.0 Å². The molecule has 0 aromatic heterocycles. The van der Waals surface area contributed by atoms with Crippen molar-refractivity contribution in [3.05, 3.63) is 23.8 Å². The molecule has 6 nitrogen and oxygen atoms in total. The number of hydrogen-bond donors (Lipinski definition) is 2. The first-order valence-corrected chi connectivity index (χ1v) is 8.61. The smallest absolute Gasteiger partial charge is 0.213 e. The molecular weight excluding hydrogens is 292 g/mol. The van der Waals surface area contributed by atoms with E-state index in [-0.39, 0.29) is 18.3 Å². The lowest BCUT2D eigenvalue weighted by Crippen LogP contribution is -2.36. The van der Waals surface area contributed by atoms with Gasteiger partial charge in [0.25, 0.3) is 0 Å². The number of nitrogens with one attached hydrogen (secondary N) is 2. The van der Waals surface area contributed by atoms with Crippen LogP contribution in [0, 0.1) is 0 Å². The van der Waals surface area contributed by atoms with Crippen LogP contribution in [0.4, 0.5) is 0 Å². The van der Waals surface area contributed by atoms with Gasteiger partial charge in [-0.1, -0.05) is 6.07 Å². The molecule has 0 radical (unpaired) electrons. The number of benzene rings is 1. The Bertz CT molecular complexity index is 568. The zero-order chi connectivity index (χ0) is 15.3. The maximum absolute atomic E-state index is 12.0. The van der Waals surface area contributed by atoms with Crippen molar-refractivity contribution in [3.8, 4) is 11.5 Å². The lowest BCUT2D eigenvalue weighted by Gasteiger charge is -2.13. The van der Waals surface area contributed by atoms with Gasteiger partial charge in [0.2, 0.25) is 10.0 Å². The molecule has 1 aromatic carbocycles. The normalized spacial score (nSPS) is 18.7. The summed E-state index contributed by atoms with van der Waals surface area (Å²) < 4.78 is 37.0. The first kappa shape index (κ1) is 16.1. The number of sulfonamides is 1. The van der Waals surface area contributed by atoms with Crippen LogP contribution < -0.4 is 19.5 Å². The molecule has 118 valence electrons. The molecule has 0 saturated carbocycles. The van der Waals surface area contributed by atoms with Crippen LogP contribution in [0.2, 0.25) is 0 Å². The summed E-state index contributed by atoms with van der Waals surface area (Å²) in [5, 5.41) is 3.19. The largest absolute Gasteiger partial charge is 0.493 e. The monoisotopic (exact) mass is 314 g/mol. The van der Waals surface area contributed by atoms with E-state index in [1.807, 2.05) is 6.07 Å². The summed E-state index contributed by atoms with van der Waals surface area (Å²) in [5.74, 6) is 1.34. The molecule has 21 heavy (non-hydrogen) atoms. The molecule has 0 aliphatic carbocycles. The second kappa shape index (κ2) is 7.11. The average Bonchev–Trinajstić information content (AvgIpc) is 2.97. The molecule has 1 heterocycles. The summed E-state index contributed by atoms with van der Waals surface area (Å²) in [4.78, 5) is 0. The summed E-state index contributed by atoms with van der Waals surface area (Å²) in [6, 6.07) is 5.42. The summed E-state index contributed by atoms with van der Waals surface area (Å²) in [6.07, 6.45) is 1.95. The molecule has 0 amide bonds. The Morgan fingerprint density at radius 3 is 2.67 bits per heavy atom. The van der Waals surface area contributed by atoms with E-state index in [0.717, 1.165) is 24.9 Å².